The monoisotopic (exact) mass is 2080 g/mol. The Morgan fingerprint density at radius 2 is 0.696 bits per heavy atom. The number of carbonyl (C=O) groups excluding carboxylic acids is 7. The Bertz CT molecular complexity index is 6100. The lowest BCUT2D eigenvalue weighted by molar-refractivity contribution is -0.139. The van der Waals surface area contributed by atoms with Crippen LogP contribution in [0.5, 0.6) is 51.7 Å². The van der Waals surface area contributed by atoms with Gasteiger partial charge >= 0.3 is 29.8 Å². The van der Waals surface area contributed by atoms with Crippen LogP contribution in [0.15, 0.2) is 180 Å². The number of esters is 3. The third kappa shape index (κ3) is 32.6. The molecule has 0 fully saturated rings. The van der Waals surface area contributed by atoms with Crippen LogP contribution in [0.1, 0.15) is 107 Å². The molecule has 4 aliphatic carbocycles. The molecule has 0 radical (unpaired) electrons. The van der Waals surface area contributed by atoms with Gasteiger partial charge in [-0.1, -0.05) is 90.1 Å². The summed E-state index contributed by atoms with van der Waals surface area (Å²) in [7, 11) is -2.38. The smallest absolute Gasteiger partial charge is 0.347 e. The van der Waals surface area contributed by atoms with Gasteiger partial charge in [0, 0.05) is 70.3 Å². The molecule has 40 nitrogen and oxygen atoms in total. The van der Waals surface area contributed by atoms with Crippen molar-refractivity contribution >= 4 is 92.7 Å². The molecular weight excluding hydrogens is 1950 g/mol. The Morgan fingerprint density at radius 3 is 1.05 bits per heavy atom. The molecule has 0 aromatic heterocycles. The average Bonchev–Trinajstić information content (AvgIpc) is 0.798. The van der Waals surface area contributed by atoms with Gasteiger partial charge in [0.2, 0.25) is 0 Å². The number of rotatable bonds is 14. The number of hydrogen-bond acceptors (Lipinski definition) is 37. The second kappa shape index (κ2) is 55.9. The molecule has 0 saturated heterocycles. The summed E-state index contributed by atoms with van der Waals surface area (Å²) in [5, 5.41) is 59.8. The lowest BCUT2D eigenvalue weighted by Crippen LogP contribution is -2.34. The molecule has 7 aromatic carbocycles. The lowest BCUT2D eigenvalue weighted by Gasteiger charge is -2.39. The van der Waals surface area contributed by atoms with Gasteiger partial charge in [0.25, 0.3) is 23.1 Å². The highest BCUT2D eigenvalue weighted by Gasteiger charge is 2.43. The maximum Gasteiger partial charge on any atom is 0.347 e. The Kier molecular flexibility index (Phi) is 43.2. The van der Waals surface area contributed by atoms with E-state index in [1.807, 2.05) is 52.0 Å². The van der Waals surface area contributed by atoms with Crippen molar-refractivity contribution in [1.82, 2.24) is 0 Å². The summed E-state index contributed by atoms with van der Waals surface area (Å²) < 4.78 is 132. The highest BCUT2D eigenvalue weighted by atomic mass is 32.2. The second-order valence-electron chi connectivity index (χ2n) is 35.5. The highest BCUT2D eigenvalue weighted by Crippen LogP contribution is 2.56. The van der Waals surface area contributed by atoms with E-state index >= 15 is 0 Å². The van der Waals surface area contributed by atoms with Gasteiger partial charge in [-0.3, -0.25) is 38.1 Å². The number of anilines is 3. The quantitative estimate of drug-likeness (QED) is 0.0230. The van der Waals surface area contributed by atoms with Crippen LogP contribution in [-0.4, -0.2) is 329 Å². The maximum absolute atomic E-state index is 12.6. The van der Waals surface area contributed by atoms with Crippen molar-refractivity contribution < 1.29 is 177 Å². The van der Waals surface area contributed by atoms with Crippen LogP contribution in [0.25, 0.3) is 11.1 Å². The van der Waals surface area contributed by atoms with E-state index in [4.69, 9.17) is 94.6 Å². The number of cyclic esters (lactones) is 2. The summed E-state index contributed by atoms with van der Waals surface area (Å²) in [6.07, 6.45) is 10.3. The van der Waals surface area contributed by atoms with Crippen molar-refractivity contribution in [2.24, 2.45) is 0 Å². The van der Waals surface area contributed by atoms with E-state index in [9.17, 15) is 82.2 Å². The van der Waals surface area contributed by atoms with E-state index in [0.29, 0.717) is 196 Å². The average molecular weight is 2080 g/mol. The topological polar surface area (TPSA) is 514 Å². The molecule has 4 heterocycles. The number of ketones is 2. The number of methoxy groups -OCH3 is 1. The fourth-order valence-electron chi connectivity index (χ4n) is 17.0. The van der Waals surface area contributed by atoms with Gasteiger partial charge in [-0.05, 0) is 153 Å². The van der Waals surface area contributed by atoms with E-state index in [1.54, 1.807) is 124 Å². The maximum atomic E-state index is 12.6. The molecule has 7 aromatic rings. The first-order valence-corrected chi connectivity index (χ1v) is 49.5. The molecule has 7 N–H and O–H groups in total. The first kappa shape index (κ1) is 115. The molecule has 8 aliphatic rings. The number of benzene rings is 7. The zero-order valence-corrected chi connectivity index (χ0v) is 84.4. The predicted molar refractivity (Wildman–Crippen MR) is 537 cm³/mol. The summed E-state index contributed by atoms with van der Waals surface area (Å²) in [5.74, 6) is -2.61. The van der Waals surface area contributed by atoms with E-state index in [1.165, 1.54) is 31.4 Å². The second-order valence-corrected chi connectivity index (χ2v) is 36.9. The number of ether oxygens (including phenoxy) is 19. The van der Waals surface area contributed by atoms with Gasteiger partial charge in [0.05, 0.1) is 200 Å². The molecule has 15 rings (SSSR count). The minimum Gasteiger partial charge on any atom is -0.508 e. The first-order valence-electron chi connectivity index (χ1n) is 47.7. The van der Waals surface area contributed by atoms with Crippen molar-refractivity contribution in [3.63, 3.8) is 0 Å². The first-order chi connectivity index (χ1) is 71.0. The zero-order valence-electron chi connectivity index (χ0n) is 83.6. The molecule has 0 bridgehead atoms. The molecule has 0 saturated carbocycles. The van der Waals surface area contributed by atoms with Gasteiger partial charge in [0.15, 0.2) is 11.6 Å². The number of carbonyl (C=O) groups is 9. The van der Waals surface area contributed by atoms with E-state index in [-0.39, 0.29) is 161 Å². The standard InChI is InChI=1S/2C35H39NO11.C21H27NO10.C15H16O2.CH4O3S/c1-35(2)28-17-23(38)3-5-25(28)34(26-6-4-24(39)18-29(26)35)27-19-32-30(20-31(27)47-22-37)36(21-33(40)41)7-8-42-9-10-43-11-12-44-13-14-45-15-16-46-32;1-35(2)28-17-23(38)3-5-25(28)34(26-6-4-24(39)18-29(26)35)27-19-30-32(20-31(27)47-22-37)46-16-15-45-14-13-44-12-11-43-10-9-42-8-7-36(30)21-33(40)41;1-26-19(23)14-22-2-3-27-4-5-28-6-7-29-8-9-30-10-11-31-18-13-16-15(12-17(18)22)20(24)32-21(16)25;1-15(2,11-5-3-7-13(16)9-11)12-6-4-8-14(17)10-12;1-5(2,3)4/h2*3-6,17-20,22,38H,7-16,21H2,1-2H3,(H,40,41);12-13H,2-11,14H2,1H3;3-10,16-17H,1-2H3;1H3,(H,2,3,4). The number of aliphatic carboxylic acids is 2. The van der Waals surface area contributed by atoms with Gasteiger partial charge in [-0.15, -0.1) is 0 Å². The fraction of sp³-hybridized carbons (Fsp3) is 0.411. The number of carboxylic acids is 2. The van der Waals surface area contributed by atoms with Crippen molar-refractivity contribution in [3.8, 4) is 51.7 Å². The van der Waals surface area contributed by atoms with Gasteiger partial charge in [-0.25, -0.2) is 9.59 Å². The number of fused-ring (bicyclic) bond motifs is 8. The summed E-state index contributed by atoms with van der Waals surface area (Å²) in [5.41, 5.74) is 10.1. The third-order valence-corrected chi connectivity index (χ3v) is 24.2. The summed E-state index contributed by atoms with van der Waals surface area (Å²) >= 11 is 0. The van der Waals surface area contributed by atoms with Crippen LogP contribution >= 0.6 is 0 Å². The Balaban J connectivity index is 0.000000193. The predicted octanol–water partition coefficient (Wildman–Crippen LogP) is 10.2. The van der Waals surface area contributed by atoms with Crippen LogP contribution in [0.4, 0.5) is 17.1 Å². The van der Waals surface area contributed by atoms with Gasteiger partial charge in [0.1, 0.15) is 91.2 Å². The molecule has 796 valence electrons. The number of nitrogens with zero attached hydrogens (tertiary/aromatic N) is 3. The van der Waals surface area contributed by atoms with E-state index in [0.717, 1.165) is 55.7 Å². The number of hydrogen-bond donors (Lipinski definition) is 7. The number of phenolic OH excluding ortho intramolecular Hbond substituents is 4. The summed E-state index contributed by atoms with van der Waals surface area (Å²) in [4.78, 5) is 114. The zero-order chi connectivity index (χ0) is 107. The van der Waals surface area contributed by atoms with Gasteiger partial charge < -0.3 is 135 Å². The Hall–Kier alpha value is -13.8. The van der Waals surface area contributed by atoms with Crippen molar-refractivity contribution in [1.29, 1.82) is 0 Å². The van der Waals surface area contributed by atoms with Crippen LogP contribution in [0.2, 0.25) is 0 Å². The summed E-state index contributed by atoms with van der Waals surface area (Å²) in [6, 6.07) is 34.0. The molecule has 4 aliphatic heterocycles. The third-order valence-electron chi connectivity index (χ3n) is 24.2. The van der Waals surface area contributed by atoms with Crippen LogP contribution < -0.4 is 38.4 Å². The van der Waals surface area contributed by atoms with Gasteiger partial charge in [-0.2, -0.15) is 8.42 Å². The van der Waals surface area contributed by atoms with Crippen LogP contribution in [-0.2, 0) is 126 Å². The molecule has 0 spiro atoms. The number of phenols is 4. The highest BCUT2D eigenvalue weighted by molar-refractivity contribution is 7.85. The molecule has 0 unspecified atom stereocenters. The lowest BCUT2D eigenvalue weighted by atomic mass is 9.64. The minimum atomic E-state index is -3.67. The SMILES string of the molecule is CC(C)(c1cccc(O)c1)c1cccc(O)c1.CC1(C)C2=CC(=O)C=CC2=C(c2cc3c(cc2OC=O)N(CC(=O)O)CCOCCOCCOCCOCCO3)c2ccc(O)cc21.CC1(C)C2=CC(=O)C=CC2=C(c2cc3c(cc2OC=O)OCCOCCOCCOCCOCCN3CC(=O)O)c2ccc(O)cc21.COC(=O)CN1CCOCCOCCOCCOCCOc2cc3c(cc21)C(=O)OC3=O.CS(=O)(=O)O. The van der Waals surface area contributed by atoms with Crippen molar-refractivity contribution in [2.45, 2.75) is 57.8 Å². The molecule has 0 amide bonds. The van der Waals surface area contributed by atoms with Crippen LogP contribution in [0, 0.1) is 0 Å². The van der Waals surface area contributed by atoms with Crippen molar-refractivity contribution in [3.05, 3.63) is 236 Å². The normalized spacial score (nSPS) is 18.0. The molecule has 0 atom stereocenters. The number of allylic oxidation sites excluding steroid dienone is 10. The number of aromatic hydroxyl groups is 4. The minimum absolute atomic E-state index is 0.0597. The summed E-state index contributed by atoms with van der Waals surface area (Å²) in [6.45, 7) is 21.2. The fourth-order valence-corrected chi connectivity index (χ4v) is 17.0. The van der Waals surface area contributed by atoms with E-state index < -0.39 is 50.8 Å². The van der Waals surface area contributed by atoms with Crippen LogP contribution in [0.3, 0.4) is 0 Å². The molecular formula is C107H125N3O37S. The largest absolute Gasteiger partial charge is 0.508 e. The molecule has 148 heavy (non-hydrogen) atoms. The number of carboxylic acid groups (broad SMARTS) is 2. The Morgan fingerprint density at radius 1 is 0.392 bits per heavy atom. The van der Waals surface area contributed by atoms with E-state index in [2.05, 4.69) is 13.8 Å². The van der Waals surface area contributed by atoms with Crippen molar-refractivity contribution in [2.75, 3.05) is 246 Å². The Labute approximate surface area is 856 Å². The molecule has 41 heteroatoms.